The third-order valence-electron chi connectivity index (χ3n) is 3.81. The Bertz CT molecular complexity index is 631. The molecule has 0 spiro atoms. The number of carbonyl (C=O) groups excluding carboxylic acids is 1. The van der Waals surface area contributed by atoms with Crippen LogP contribution in [-0.2, 0) is 17.7 Å². The molecule has 1 atom stereocenters. The Balaban J connectivity index is 1.86. The van der Waals surface area contributed by atoms with Crippen molar-refractivity contribution in [3.63, 3.8) is 0 Å². The highest BCUT2D eigenvalue weighted by Gasteiger charge is 2.27. The van der Waals surface area contributed by atoms with Gasteiger partial charge in [0, 0.05) is 12.5 Å². The Morgan fingerprint density at radius 1 is 1.47 bits per heavy atom. The number of nitrogens with zero attached hydrogens (tertiary/aromatic N) is 2. The summed E-state index contributed by atoms with van der Waals surface area (Å²) in [6.07, 6.45) is 2.65. The topological polar surface area (TPSA) is 44.1 Å². The summed E-state index contributed by atoms with van der Waals surface area (Å²) in [6.45, 7) is 2.70. The second-order valence-corrected chi connectivity index (χ2v) is 4.89. The molecule has 0 N–H and O–H groups in total. The van der Waals surface area contributed by atoms with Crippen molar-refractivity contribution in [1.82, 2.24) is 9.55 Å². The van der Waals surface area contributed by atoms with Gasteiger partial charge in [-0.25, -0.2) is 9.78 Å². The number of fused-ring (bicyclic) bond motifs is 1. The second-order valence-electron chi connectivity index (χ2n) is 4.89. The number of ether oxygens (including phenoxy) is 1. The van der Waals surface area contributed by atoms with Gasteiger partial charge >= 0.3 is 5.97 Å². The van der Waals surface area contributed by atoms with Crippen LogP contribution in [0, 0.1) is 6.92 Å². The lowest BCUT2D eigenvalue weighted by Gasteiger charge is -2.31. The fourth-order valence-corrected chi connectivity index (χ4v) is 2.71. The van der Waals surface area contributed by atoms with Crippen molar-refractivity contribution < 1.29 is 9.53 Å². The van der Waals surface area contributed by atoms with Crippen LogP contribution in [0.5, 0.6) is 0 Å². The standard InChI is InChI=1S/C15H16N2O2/c1-10-16-8-14(15(18)19-2)17(10)9-12-7-11-5-3-4-6-13(11)12/h3-6,8,12H,7,9H2,1-2H3. The minimum Gasteiger partial charge on any atom is -0.464 e. The van der Waals surface area contributed by atoms with E-state index in [9.17, 15) is 4.79 Å². The Morgan fingerprint density at radius 2 is 2.26 bits per heavy atom. The van der Waals surface area contributed by atoms with Crippen LogP contribution >= 0.6 is 0 Å². The molecule has 0 aliphatic heterocycles. The smallest absolute Gasteiger partial charge is 0.356 e. The number of aryl methyl sites for hydroxylation is 1. The van der Waals surface area contributed by atoms with E-state index < -0.39 is 0 Å². The third-order valence-corrected chi connectivity index (χ3v) is 3.81. The fourth-order valence-electron chi connectivity index (χ4n) is 2.71. The van der Waals surface area contributed by atoms with E-state index in [-0.39, 0.29) is 5.97 Å². The molecule has 2 aromatic rings. The predicted molar refractivity (Wildman–Crippen MR) is 71.2 cm³/mol. The summed E-state index contributed by atoms with van der Waals surface area (Å²) in [6, 6.07) is 8.45. The molecule has 4 heteroatoms. The first-order valence-electron chi connectivity index (χ1n) is 6.39. The van der Waals surface area contributed by atoms with Crippen molar-refractivity contribution in [1.29, 1.82) is 0 Å². The van der Waals surface area contributed by atoms with Gasteiger partial charge in [0.1, 0.15) is 11.5 Å². The molecule has 3 rings (SSSR count). The Hall–Kier alpha value is -2.10. The average molecular weight is 256 g/mol. The number of aromatic nitrogens is 2. The SMILES string of the molecule is COC(=O)c1cnc(C)n1CC1Cc2ccccc21. The van der Waals surface area contributed by atoms with E-state index in [1.54, 1.807) is 6.20 Å². The quantitative estimate of drug-likeness (QED) is 0.792. The lowest BCUT2D eigenvalue weighted by molar-refractivity contribution is 0.0587. The summed E-state index contributed by atoms with van der Waals surface area (Å²) in [5.74, 6) is 0.991. The van der Waals surface area contributed by atoms with Crippen molar-refractivity contribution in [3.8, 4) is 0 Å². The molecule has 98 valence electrons. The van der Waals surface area contributed by atoms with Crippen molar-refractivity contribution in [3.05, 3.63) is 53.1 Å². The van der Waals surface area contributed by atoms with Crippen LogP contribution in [0.25, 0.3) is 0 Å². The molecule has 19 heavy (non-hydrogen) atoms. The zero-order valence-corrected chi connectivity index (χ0v) is 11.1. The van der Waals surface area contributed by atoms with E-state index in [0.29, 0.717) is 11.6 Å². The highest BCUT2D eigenvalue weighted by Crippen LogP contribution is 2.36. The third kappa shape index (κ3) is 1.93. The number of esters is 1. The fraction of sp³-hybridized carbons (Fsp3) is 0.333. The summed E-state index contributed by atoms with van der Waals surface area (Å²) in [7, 11) is 1.40. The predicted octanol–water partition coefficient (Wildman–Crippen LogP) is 2.32. The van der Waals surface area contributed by atoms with Gasteiger partial charge in [-0.05, 0) is 24.5 Å². The van der Waals surface area contributed by atoms with Gasteiger partial charge in [-0.15, -0.1) is 0 Å². The molecule has 0 saturated carbocycles. The van der Waals surface area contributed by atoms with Crippen LogP contribution in [0.1, 0.15) is 33.4 Å². The molecule has 1 aliphatic rings. The van der Waals surface area contributed by atoms with Crippen LogP contribution in [-0.4, -0.2) is 22.6 Å². The maximum Gasteiger partial charge on any atom is 0.356 e. The average Bonchev–Trinajstić information content (AvgIpc) is 2.76. The number of hydrogen-bond donors (Lipinski definition) is 0. The zero-order chi connectivity index (χ0) is 13.4. The first-order chi connectivity index (χ1) is 9.20. The molecule has 1 unspecified atom stereocenters. The maximum absolute atomic E-state index is 11.7. The van der Waals surface area contributed by atoms with Gasteiger partial charge in [-0.3, -0.25) is 0 Å². The van der Waals surface area contributed by atoms with Gasteiger partial charge in [-0.1, -0.05) is 24.3 Å². The summed E-state index contributed by atoms with van der Waals surface area (Å²) in [4.78, 5) is 15.9. The van der Waals surface area contributed by atoms with Gasteiger partial charge in [0.15, 0.2) is 0 Å². The molecule has 0 saturated heterocycles. The van der Waals surface area contributed by atoms with Crippen molar-refractivity contribution >= 4 is 5.97 Å². The van der Waals surface area contributed by atoms with Crippen LogP contribution in [0.3, 0.4) is 0 Å². The van der Waals surface area contributed by atoms with E-state index in [1.165, 1.54) is 18.2 Å². The molecule has 1 aliphatic carbocycles. The molecule has 4 nitrogen and oxygen atoms in total. The minimum absolute atomic E-state index is 0.326. The molecule has 0 fully saturated rings. The number of methoxy groups -OCH3 is 1. The second kappa shape index (κ2) is 4.53. The summed E-state index contributed by atoms with van der Waals surface area (Å²) in [5.41, 5.74) is 3.32. The molecule has 1 aromatic heterocycles. The van der Waals surface area contributed by atoms with Crippen molar-refractivity contribution in [2.75, 3.05) is 7.11 Å². The summed E-state index contributed by atoms with van der Waals surface area (Å²) in [5, 5.41) is 0. The monoisotopic (exact) mass is 256 g/mol. The van der Waals surface area contributed by atoms with E-state index in [1.807, 2.05) is 11.5 Å². The van der Waals surface area contributed by atoms with Crippen LogP contribution in [0.2, 0.25) is 0 Å². The lowest BCUT2D eigenvalue weighted by atomic mass is 9.77. The molecule has 0 bridgehead atoms. The summed E-state index contributed by atoms with van der Waals surface area (Å²) >= 11 is 0. The van der Waals surface area contributed by atoms with E-state index in [2.05, 4.69) is 29.2 Å². The number of imidazole rings is 1. The van der Waals surface area contributed by atoms with Crippen molar-refractivity contribution in [2.24, 2.45) is 0 Å². The maximum atomic E-state index is 11.7. The van der Waals surface area contributed by atoms with Gasteiger partial charge < -0.3 is 9.30 Å². The van der Waals surface area contributed by atoms with Crippen LogP contribution in [0.4, 0.5) is 0 Å². The molecular weight excluding hydrogens is 240 g/mol. The number of carbonyl (C=O) groups is 1. The number of hydrogen-bond acceptors (Lipinski definition) is 3. The Morgan fingerprint density at radius 3 is 3.00 bits per heavy atom. The van der Waals surface area contributed by atoms with E-state index in [0.717, 1.165) is 18.8 Å². The zero-order valence-electron chi connectivity index (χ0n) is 11.1. The van der Waals surface area contributed by atoms with E-state index >= 15 is 0 Å². The minimum atomic E-state index is -0.326. The van der Waals surface area contributed by atoms with E-state index in [4.69, 9.17) is 4.74 Å². The molecule has 0 amide bonds. The first kappa shape index (κ1) is 12.0. The van der Waals surface area contributed by atoms with Crippen LogP contribution < -0.4 is 0 Å². The highest BCUT2D eigenvalue weighted by atomic mass is 16.5. The van der Waals surface area contributed by atoms with Gasteiger partial charge in [0.25, 0.3) is 0 Å². The lowest BCUT2D eigenvalue weighted by Crippen LogP contribution is -2.24. The largest absolute Gasteiger partial charge is 0.464 e. The van der Waals surface area contributed by atoms with Gasteiger partial charge in [0.2, 0.25) is 0 Å². The van der Waals surface area contributed by atoms with Crippen molar-refractivity contribution in [2.45, 2.75) is 25.8 Å². The Kier molecular flexibility index (Phi) is 2.85. The molecule has 0 radical (unpaired) electrons. The number of rotatable bonds is 3. The Labute approximate surface area is 112 Å². The summed E-state index contributed by atoms with van der Waals surface area (Å²) < 4.78 is 6.74. The normalized spacial score (nSPS) is 16.6. The van der Waals surface area contributed by atoms with Gasteiger partial charge in [0.05, 0.1) is 13.3 Å². The van der Waals surface area contributed by atoms with Gasteiger partial charge in [-0.2, -0.15) is 0 Å². The molecule has 1 aromatic carbocycles. The molecular formula is C15H16N2O2. The first-order valence-corrected chi connectivity index (χ1v) is 6.39. The number of benzene rings is 1. The van der Waals surface area contributed by atoms with Crippen LogP contribution in [0.15, 0.2) is 30.5 Å². The highest BCUT2D eigenvalue weighted by molar-refractivity contribution is 5.87. The molecule has 1 heterocycles.